The fourth-order valence-corrected chi connectivity index (χ4v) is 0.661. The van der Waals surface area contributed by atoms with Crippen LogP contribution in [0.4, 0.5) is 0 Å². The van der Waals surface area contributed by atoms with Gasteiger partial charge in [-0.2, -0.15) is 0 Å². The zero-order valence-corrected chi connectivity index (χ0v) is 6.51. The number of carbonyl (C=O) groups is 1. The third kappa shape index (κ3) is 2.67. The number of hydrogen-bond acceptors (Lipinski definition) is 5. The number of esters is 1. The Morgan fingerprint density at radius 3 is 2.75 bits per heavy atom. The molecule has 0 aromatic carbocycles. The van der Waals surface area contributed by atoms with Gasteiger partial charge in [0.15, 0.2) is 0 Å². The Balaban J connectivity index is 2.15. The fourth-order valence-electron chi connectivity index (χ4n) is 0.661. The van der Waals surface area contributed by atoms with Crippen molar-refractivity contribution in [2.24, 2.45) is 5.73 Å². The summed E-state index contributed by atoms with van der Waals surface area (Å²) >= 11 is 0. The molecule has 1 aromatic rings. The summed E-state index contributed by atoms with van der Waals surface area (Å²) < 4.78 is 6.44. The highest BCUT2D eigenvalue weighted by atomic mass is 16.5. The summed E-state index contributed by atoms with van der Waals surface area (Å²) in [6, 6.07) is 0. The van der Waals surface area contributed by atoms with Gasteiger partial charge in [0.1, 0.15) is 19.3 Å². The van der Waals surface area contributed by atoms with Gasteiger partial charge in [0.25, 0.3) is 0 Å². The lowest BCUT2D eigenvalue weighted by Crippen LogP contribution is -2.18. The van der Waals surface area contributed by atoms with E-state index in [2.05, 4.69) is 10.2 Å². The number of carbonyl (C=O) groups excluding carboxylic acids is 1. The van der Waals surface area contributed by atoms with Crippen LogP contribution in [-0.4, -0.2) is 33.9 Å². The quantitative estimate of drug-likeness (QED) is 0.572. The topological polar surface area (TPSA) is 83.0 Å². The molecule has 0 aliphatic carbocycles. The maximum absolute atomic E-state index is 10.6. The summed E-state index contributed by atoms with van der Waals surface area (Å²) in [7, 11) is 0. The van der Waals surface area contributed by atoms with Crippen LogP contribution < -0.4 is 5.73 Å². The molecule has 0 unspecified atom stereocenters. The minimum atomic E-state index is -0.400. The van der Waals surface area contributed by atoms with E-state index < -0.39 is 5.97 Å². The zero-order valence-electron chi connectivity index (χ0n) is 6.51. The van der Waals surface area contributed by atoms with Crippen molar-refractivity contribution in [2.45, 2.75) is 6.54 Å². The highest BCUT2D eigenvalue weighted by molar-refractivity contribution is 5.71. The molecule has 0 saturated heterocycles. The van der Waals surface area contributed by atoms with Gasteiger partial charge >= 0.3 is 5.97 Å². The van der Waals surface area contributed by atoms with Crippen molar-refractivity contribution in [1.29, 1.82) is 0 Å². The van der Waals surface area contributed by atoms with E-state index in [1.54, 1.807) is 17.2 Å². The third-order valence-electron chi connectivity index (χ3n) is 1.25. The molecule has 0 atom stereocenters. The van der Waals surface area contributed by atoms with E-state index in [4.69, 9.17) is 10.5 Å². The van der Waals surface area contributed by atoms with Gasteiger partial charge in [0, 0.05) is 0 Å². The Morgan fingerprint density at radius 2 is 2.17 bits per heavy atom. The first kappa shape index (κ1) is 8.66. The van der Waals surface area contributed by atoms with Gasteiger partial charge in [-0.25, -0.2) is 0 Å². The van der Waals surface area contributed by atoms with Crippen LogP contribution in [0.3, 0.4) is 0 Å². The van der Waals surface area contributed by atoms with Crippen molar-refractivity contribution in [3.05, 3.63) is 12.7 Å². The van der Waals surface area contributed by atoms with E-state index in [1.807, 2.05) is 0 Å². The Labute approximate surface area is 69.3 Å². The average molecular weight is 170 g/mol. The van der Waals surface area contributed by atoms with Crippen molar-refractivity contribution < 1.29 is 9.53 Å². The molecule has 0 saturated carbocycles. The molecular weight excluding hydrogens is 160 g/mol. The smallest absolute Gasteiger partial charge is 0.319 e. The molecule has 0 fully saturated rings. The first-order valence-corrected chi connectivity index (χ1v) is 3.51. The van der Waals surface area contributed by atoms with Gasteiger partial charge in [0.2, 0.25) is 0 Å². The van der Waals surface area contributed by atoms with Gasteiger partial charge in [-0.1, -0.05) is 0 Å². The van der Waals surface area contributed by atoms with Crippen LogP contribution in [0, 0.1) is 0 Å². The summed E-state index contributed by atoms with van der Waals surface area (Å²) in [6.07, 6.45) is 3.10. The number of nitrogens with zero attached hydrogens (tertiary/aromatic N) is 3. The molecule has 0 aliphatic heterocycles. The van der Waals surface area contributed by atoms with E-state index >= 15 is 0 Å². The lowest BCUT2D eigenvalue weighted by Gasteiger charge is -2.02. The number of aromatic nitrogens is 3. The Bertz CT molecular complexity index is 234. The first-order valence-electron chi connectivity index (χ1n) is 3.51. The highest BCUT2D eigenvalue weighted by Crippen LogP contribution is 1.83. The molecule has 6 heteroatoms. The number of nitrogens with two attached hydrogens (primary N) is 1. The molecule has 0 bridgehead atoms. The summed E-state index contributed by atoms with van der Waals surface area (Å²) in [4.78, 5) is 10.6. The predicted octanol–water partition coefficient (Wildman–Crippen LogP) is -1.22. The van der Waals surface area contributed by atoms with Gasteiger partial charge in [-0.05, 0) is 0 Å². The van der Waals surface area contributed by atoms with E-state index in [-0.39, 0.29) is 6.54 Å². The number of rotatable bonds is 4. The summed E-state index contributed by atoms with van der Waals surface area (Å²) in [5.74, 6) is -0.400. The van der Waals surface area contributed by atoms with Gasteiger partial charge in [-0.3, -0.25) is 4.79 Å². The van der Waals surface area contributed by atoms with E-state index in [9.17, 15) is 4.79 Å². The van der Waals surface area contributed by atoms with Crippen molar-refractivity contribution in [2.75, 3.05) is 13.2 Å². The first-order chi connectivity index (χ1) is 5.83. The largest absolute Gasteiger partial charge is 0.463 e. The molecule has 66 valence electrons. The lowest BCUT2D eigenvalue weighted by molar-refractivity contribution is -0.142. The van der Waals surface area contributed by atoms with Crippen molar-refractivity contribution in [1.82, 2.24) is 14.8 Å². The van der Waals surface area contributed by atoms with Crippen molar-refractivity contribution in [3.8, 4) is 0 Å². The molecule has 1 rings (SSSR count). The Morgan fingerprint density at radius 1 is 1.50 bits per heavy atom. The second-order valence-electron chi connectivity index (χ2n) is 2.12. The molecule has 0 radical (unpaired) electrons. The Hall–Kier alpha value is -1.43. The predicted molar refractivity (Wildman–Crippen MR) is 40.0 cm³/mol. The van der Waals surface area contributed by atoms with Crippen LogP contribution >= 0.6 is 0 Å². The molecule has 0 spiro atoms. The standard InChI is InChI=1S/C6H10N4O2/c7-3-6(11)12-2-1-10-4-8-9-5-10/h4-5H,1-3,7H2. The monoisotopic (exact) mass is 170 g/mol. The third-order valence-corrected chi connectivity index (χ3v) is 1.25. The molecule has 6 nitrogen and oxygen atoms in total. The molecule has 1 heterocycles. The Kier molecular flexibility index (Phi) is 3.21. The number of ether oxygens (including phenoxy) is 1. The molecule has 2 N–H and O–H groups in total. The second-order valence-corrected chi connectivity index (χ2v) is 2.12. The molecule has 0 amide bonds. The highest BCUT2D eigenvalue weighted by Gasteiger charge is 1.97. The van der Waals surface area contributed by atoms with E-state index in [0.717, 1.165) is 0 Å². The zero-order chi connectivity index (χ0) is 8.81. The minimum Gasteiger partial charge on any atom is -0.463 e. The minimum absolute atomic E-state index is 0.0812. The average Bonchev–Trinajstić information content (AvgIpc) is 2.57. The summed E-state index contributed by atoms with van der Waals surface area (Å²) in [5.41, 5.74) is 5.03. The molecule has 1 aromatic heterocycles. The molecular formula is C6H10N4O2. The van der Waals surface area contributed by atoms with Crippen molar-refractivity contribution in [3.63, 3.8) is 0 Å². The van der Waals surface area contributed by atoms with Crippen LogP contribution in [-0.2, 0) is 16.1 Å². The second kappa shape index (κ2) is 4.45. The van der Waals surface area contributed by atoms with Gasteiger partial charge in [-0.15, -0.1) is 10.2 Å². The number of hydrogen-bond donors (Lipinski definition) is 1. The molecule has 12 heavy (non-hydrogen) atoms. The van der Waals surface area contributed by atoms with Crippen LogP contribution in [0.2, 0.25) is 0 Å². The van der Waals surface area contributed by atoms with Gasteiger partial charge in [0.05, 0.1) is 13.1 Å². The maximum Gasteiger partial charge on any atom is 0.319 e. The normalized spacial score (nSPS) is 9.75. The SMILES string of the molecule is NCC(=O)OCCn1cnnc1. The van der Waals surface area contributed by atoms with Gasteiger partial charge < -0.3 is 15.0 Å². The van der Waals surface area contributed by atoms with E-state index in [0.29, 0.717) is 13.2 Å². The van der Waals surface area contributed by atoms with Crippen molar-refractivity contribution >= 4 is 5.97 Å². The fraction of sp³-hybridized carbons (Fsp3) is 0.500. The summed E-state index contributed by atoms with van der Waals surface area (Å²) in [5, 5.41) is 7.18. The maximum atomic E-state index is 10.6. The lowest BCUT2D eigenvalue weighted by atomic mass is 10.6. The van der Waals surface area contributed by atoms with Crippen LogP contribution in [0.1, 0.15) is 0 Å². The van der Waals surface area contributed by atoms with E-state index in [1.165, 1.54) is 0 Å². The van der Waals surface area contributed by atoms with Crippen LogP contribution in [0.15, 0.2) is 12.7 Å². The van der Waals surface area contributed by atoms with Crippen LogP contribution in [0.5, 0.6) is 0 Å². The van der Waals surface area contributed by atoms with Crippen LogP contribution in [0.25, 0.3) is 0 Å². The molecule has 0 aliphatic rings. The summed E-state index contributed by atoms with van der Waals surface area (Å²) in [6.45, 7) is 0.773.